The summed E-state index contributed by atoms with van der Waals surface area (Å²) in [7, 11) is 0. The van der Waals surface area contributed by atoms with E-state index in [2.05, 4.69) is 24.8 Å². The molecule has 172 valence electrons. The summed E-state index contributed by atoms with van der Waals surface area (Å²) in [6.45, 7) is 4.00. The van der Waals surface area contributed by atoms with Crippen LogP contribution in [0.25, 0.3) is 0 Å². The molecule has 1 aromatic heterocycles. The quantitative estimate of drug-likeness (QED) is 0.406. The number of halogens is 6. The van der Waals surface area contributed by atoms with E-state index in [9.17, 15) is 26.3 Å². The molecule has 0 unspecified atom stereocenters. The van der Waals surface area contributed by atoms with E-state index in [-0.39, 0.29) is 23.3 Å². The number of hydrogen-bond acceptors (Lipinski definition) is 6. The fourth-order valence-electron chi connectivity index (χ4n) is 2.19. The summed E-state index contributed by atoms with van der Waals surface area (Å²) in [5.74, 6) is -0.870. The Kier molecular flexibility index (Phi) is 8.10. The van der Waals surface area contributed by atoms with Crippen LogP contribution in [0.2, 0.25) is 0 Å². The van der Waals surface area contributed by atoms with Gasteiger partial charge in [-0.25, -0.2) is 4.98 Å². The van der Waals surface area contributed by atoms with Crippen molar-refractivity contribution in [2.75, 3.05) is 5.32 Å². The predicted molar refractivity (Wildman–Crippen MR) is 103 cm³/mol. The van der Waals surface area contributed by atoms with Crippen molar-refractivity contribution < 1.29 is 40.6 Å². The highest BCUT2D eigenvalue weighted by Crippen LogP contribution is 2.32. The Morgan fingerprint density at radius 3 is 1.97 bits per heavy atom. The van der Waals surface area contributed by atoms with Crippen molar-refractivity contribution in [1.29, 1.82) is 0 Å². The minimum atomic E-state index is -4.88. The van der Waals surface area contributed by atoms with Crippen molar-refractivity contribution in [3.8, 4) is 23.1 Å². The van der Waals surface area contributed by atoms with Crippen LogP contribution >= 0.6 is 0 Å². The van der Waals surface area contributed by atoms with Crippen LogP contribution in [0.4, 0.5) is 38.0 Å². The van der Waals surface area contributed by atoms with Gasteiger partial charge in [-0.3, -0.25) is 0 Å². The molecule has 0 aliphatic heterocycles. The minimum Gasteiger partial charge on any atom is -0.439 e. The van der Waals surface area contributed by atoms with Crippen molar-refractivity contribution in [2.24, 2.45) is 0 Å². The lowest BCUT2D eigenvalue weighted by Crippen LogP contribution is -2.18. The summed E-state index contributed by atoms with van der Waals surface area (Å²) in [5.41, 5.74) is -0.0411. The van der Waals surface area contributed by atoms with Crippen LogP contribution in [0.3, 0.4) is 0 Å². The molecule has 1 N–H and O–H groups in total. The van der Waals surface area contributed by atoms with Crippen molar-refractivity contribution in [2.45, 2.75) is 26.6 Å². The largest absolute Gasteiger partial charge is 0.573 e. The number of aromatic nitrogens is 2. The van der Waals surface area contributed by atoms with Gasteiger partial charge in [-0.1, -0.05) is 26.0 Å². The fraction of sp³-hybridized carbons (Fsp3) is 0.200. The zero-order chi connectivity index (χ0) is 23.8. The van der Waals surface area contributed by atoms with Crippen molar-refractivity contribution in [1.82, 2.24) is 9.97 Å². The van der Waals surface area contributed by atoms with Crippen molar-refractivity contribution in [3.05, 3.63) is 60.8 Å². The first-order valence-electron chi connectivity index (χ1n) is 9.06. The van der Waals surface area contributed by atoms with Gasteiger partial charge in [-0.15, -0.1) is 26.3 Å². The molecule has 3 rings (SSSR count). The first-order valence-corrected chi connectivity index (χ1v) is 9.06. The summed E-state index contributed by atoms with van der Waals surface area (Å²) < 4.78 is 87.2. The number of para-hydroxylation sites is 2. The third kappa shape index (κ3) is 8.20. The Hall–Kier alpha value is -3.70. The lowest BCUT2D eigenvalue weighted by atomic mass is 10.3. The Bertz CT molecular complexity index is 995. The van der Waals surface area contributed by atoms with E-state index in [1.807, 2.05) is 13.8 Å². The molecule has 0 aliphatic rings. The van der Waals surface area contributed by atoms with Gasteiger partial charge >= 0.3 is 12.7 Å². The maximum Gasteiger partial charge on any atom is 0.573 e. The standard InChI is InChI=1S/C18H11F6N3O3.C2H6/c19-17(20,21)29-12-7-5-11(6-8-12)28-15-9-10-25-16(27-15)26-13-3-1-2-4-14(13)30-18(22,23)24;1-2/h1-10H,(H,25,26,27);1-2H3. The van der Waals surface area contributed by atoms with Gasteiger partial charge in [-0.2, -0.15) is 4.98 Å². The number of ether oxygens (including phenoxy) is 3. The molecule has 12 heteroatoms. The monoisotopic (exact) mass is 461 g/mol. The Morgan fingerprint density at radius 1 is 0.750 bits per heavy atom. The molecule has 0 radical (unpaired) electrons. The molecule has 0 atom stereocenters. The van der Waals surface area contributed by atoms with E-state index >= 15 is 0 Å². The SMILES string of the molecule is CC.FC(F)(F)Oc1ccc(Oc2ccnc(Nc3ccccc3OC(F)(F)F)n2)cc1. The minimum absolute atomic E-state index is 0.00814. The van der Waals surface area contributed by atoms with E-state index in [1.54, 1.807) is 0 Å². The molecule has 1 heterocycles. The Balaban J connectivity index is 0.00000176. The molecule has 0 amide bonds. The van der Waals surface area contributed by atoms with Gasteiger partial charge in [0.15, 0.2) is 5.75 Å². The molecule has 0 saturated heterocycles. The van der Waals surface area contributed by atoms with Crippen molar-refractivity contribution >= 4 is 11.6 Å². The zero-order valence-corrected chi connectivity index (χ0v) is 16.7. The second-order valence-electron chi connectivity index (χ2n) is 5.51. The lowest BCUT2D eigenvalue weighted by Gasteiger charge is -2.14. The number of hydrogen-bond donors (Lipinski definition) is 1. The van der Waals surface area contributed by atoms with Crippen LogP contribution in [-0.4, -0.2) is 22.7 Å². The third-order valence-corrected chi connectivity index (χ3v) is 3.27. The Labute approximate surface area is 178 Å². The van der Waals surface area contributed by atoms with Crippen LogP contribution < -0.4 is 19.5 Å². The average molecular weight is 461 g/mol. The Morgan fingerprint density at radius 2 is 1.34 bits per heavy atom. The lowest BCUT2D eigenvalue weighted by molar-refractivity contribution is -0.275. The molecule has 0 spiro atoms. The number of rotatable bonds is 6. The highest BCUT2D eigenvalue weighted by Gasteiger charge is 2.32. The van der Waals surface area contributed by atoms with E-state index in [4.69, 9.17) is 4.74 Å². The van der Waals surface area contributed by atoms with Crippen molar-refractivity contribution in [3.63, 3.8) is 0 Å². The first-order chi connectivity index (χ1) is 15.1. The smallest absolute Gasteiger partial charge is 0.439 e. The van der Waals surface area contributed by atoms with E-state index in [0.717, 1.165) is 18.2 Å². The second kappa shape index (κ2) is 10.6. The number of anilines is 2. The molecule has 0 bridgehead atoms. The number of nitrogens with zero attached hydrogens (tertiary/aromatic N) is 2. The normalized spacial score (nSPS) is 11.1. The van der Waals surface area contributed by atoms with Gasteiger partial charge in [0.25, 0.3) is 0 Å². The first kappa shape index (κ1) is 24.6. The third-order valence-electron chi connectivity index (χ3n) is 3.27. The van der Waals surface area contributed by atoms with Crippen LogP contribution in [0.15, 0.2) is 60.8 Å². The predicted octanol–water partition coefficient (Wildman–Crippen LogP) is 6.84. The van der Waals surface area contributed by atoms with Gasteiger partial charge in [-0.05, 0) is 36.4 Å². The van der Waals surface area contributed by atoms with E-state index < -0.39 is 24.2 Å². The molecule has 0 aliphatic carbocycles. The molecular weight excluding hydrogens is 444 g/mol. The summed E-state index contributed by atoms with van der Waals surface area (Å²) in [6, 6.07) is 11.2. The highest BCUT2D eigenvalue weighted by atomic mass is 19.4. The fourth-order valence-corrected chi connectivity index (χ4v) is 2.19. The van der Waals surface area contributed by atoms with Crippen LogP contribution in [-0.2, 0) is 0 Å². The van der Waals surface area contributed by atoms with Crippen LogP contribution in [0.1, 0.15) is 13.8 Å². The maximum atomic E-state index is 12.5. The maximum absolute atomic E-state index is 12.5. The second-order valence-corrected chi connectivity index (χ2v) is 5.51. The summed E-state index contributed by atoms with van der Waals surface area (Å²) in [4.78, 5) is 7.87. The average Bonchev–Trinajstić information content (AvgIpc) is 2.71. The van der Waals surface area contributed by atoms with E-state index in [1.165, 1.54) is 42.6 Å². The summed E-state index contributed by atoms with van der Waals surface area (Å²) >= 11 is 0. The van der Waals surface area contributed by atoms with Gasteiger partial charge in [0.2, 0.25) is 11.8 Å². The number of benzene rings is 2. The van der Waals surface area contributed by atoms with Gasteiger partial charge in [0.05, 0.1) is 5.69 Å². The molecule has 32 heavy (non-hydrogen) atoms. The van der Waals surface area contributed by atoms with Crippen LogP contribution in [0, 0.1) is 0 Å². The van der Waals surface area contributed by atoms with Gasteiger partial charge in [0, 0.05) is 12.3 Å². The summed E-state index contributed by atoms with van der Waals surface area (Å²) in [5, 5.41) is 2.58. The molecular formula is C20H17F6N3O3. The van der Waals surface area contributed by atoms with E-state index in [0.29, 0.717) is 0 Å². The number of nitrogens with one attached hydrogen (secondary N) is 1. The zero-order valence-electron chi connectivity index (χ0n) is 16.7. The number of alkyl halides is 6. The van der Waals surface area contributed by atoms with Gasteiger partial charge in [0.1, 0.15) is 11.5 Å². The van der Waals surface area contributed by atoms with Gasteiger partial charge < -0.3 is 19.5 Å². The molecule has 3 aromatic rings. The highest BCUT2D eigenvalue weighted by molar-refractivity contribution is 5.62. The topological polar surface area (TPSA) is 65.5 Å². The molecule has 0 fully saturated rings. The molecule has 2 aromatic carbocycles. The molecule has 0 saturated carbocycles. The van der Waals surface area contributed by atoms with Crippen LogP contribution in [0.5, 0.6) is 23.1 Å². The molecule has 6 nitrogen and oxygen atoms in total. The summed E-state index contributed by atoms with van der Waals surface area (Å²) in [6.07, 6.45) is -8.42.